The lowest BCUT2D eigenvalue weighted by molar-refractivity contribution is -0.121. The first-order valence-electron chi connectivity index (χ1n) is 5.74. The third-order valence-electron chi connectivity index (χ3n) is 2.88. The number of hydrogen-bond acceptors (Lipinski definition) is 2. The second-order valence-electron chi connectivity index (χ2n) is 4.14. The third-order valence-corrected chi connectivity index (χ3v) is 4.26. The zero-order valence-corrected chi connectivity index (χ0v) is 10.3. The van der Waals surface area contributed by atoms with Gasteiger partial charge in [-0.25, -0.2) is 0 Å². The van der Waals surface area contributed by atoms with Gasteiger partial charge in [0.15, 0.2) is 0 Å². The molecule has 1 aromatic rings. The summed E-state index contributed by atoms with van der Waals surface area (Å²) in [6.07, 6.45) is 2.19. The van der Waals surface area contributed by atoms with Gasteiger partial charge in [0.05, 0.1) is 11.3 Å². The molecule has 1 amide bonds. The van der Waals surface area contributed by atoms with E-state index in [1.807, 2.05) is 37.3 Å². The molecule has 2 rings (SSSR count). The molecule has 1 saturated heterocycles. The van der Waals surface area contributed by atoms with Crippen molar-refractivity contribution >= 4 is 17.7 Å². The van der Waals surface area contributed by atoms with Gasteiger partial charge >= 0.3 is 0 Å². The summed E-state index contributed by atoms with van der Waals surface area (Å²) in [5.74, 6) is 1.32. The van der Waals surface area contributed by atoms with Crippen molar-refractivity contribution in [2.75, 3.05) is 5.75 Å². The molecule has 2 nitrogen and oxygen atoms in total. The van der Waals surface area contributed by atoms with Gasteiger partial charge in [0.2, 0.25) is 5.91 Å². The Labute approximate surface area is 101 Å². The Balaban J connectivity index is 1.92. The van der Waals surface area contributed by atoms with Crippen LogP contribution in [0.2, 0.25) is 0 Å². The summed E-state index contributed by atoms with van der Waals surface area (Å²) in [5, 5.41) is 3.25. The maximum absolute atomic E-state index is 11.9. The largest absolute Gasteiger partial charge is 0.349 e. The fourth-order valence-electron chi connectivity index (χ4n) is 1.92. The van der Waals surface area contributed by atoms with E-state index in [0.717, 1.165) is 12.2 Å². The molecule has 2 unspecified atom stereocenters. The van der Waals surface area contributed by atoms with E-state index in [-0.39, 0.29) is 17.2 Å². The number of thioether (sulfide) groups is 1. The first-order chi connectivity index (χ1) is 7.77. The van der Waals surface area contributed by atoms with Crippen LogP contribution in [0.25, 0.3) is 0 Å². The van der Waals surface area contributed by atoms with Gasteiger partial charge in [-0.05, 0) is 31.1 Å². The summed E-state index contributed by atoms with van der Waals surface area (Å²) in [6, 6.07) is 10.2. The van der Waals surface area contributed by atoms with E-state index in [1.165, 1.54) is 12.0 Å². The van der Waals surface area contributed by atoms with Crippen LogP contribution in [0.1, 0.15) is 31.4 Å². The Morgan fingerprint density at radius 1 is 1.44 bits per heavy atom. The van der Waals surface area contributed by atoms with Crippen molar-refractivity contribution in [3.63, 3.8) is 0 Å². The van der Waals surface area contributed by atoms with Gasteiger partial charge in [-0.15, -0.1) is 11.8 Å². The van der Waals surface area contributed by atoms with Crippen molar-refractivity contribution in [3.8, 4) is 0 Å². The lowest BCUT2D eigenvalue weighted by Crippen LogP contribution is -2.33. The number of rotatable bonds is 3. The summed E-state index contributed by atoms with van der Waals surface area (Å²) in [5.41, 5.74) is 1.17. The number of carbonyl (C=O) groups is 1. The minimum absolute atomic E-state index is 0.106. The zero-order valence-electron chi connectivity index (χ0n) is 9.48. The van der Waals surface area contributed by atoms with Gasteiger partial charge in [0.25, 0.3) is 0 Å². The maximum Gasteiger partial charge on any atom is 0.233 e. The molecule has 0 aliphatic carbocycles. The number of hydrogen-bond donors (Lipinski definition) is 1. The zero-order chi connectivity index (χ0) is 11.4. The molecule has 3 heteroatoms. The van der Waals surface area contributed by atoms with E-state index in [9.17, 15) is 4.79 Å². The maximum atomic E-state index is 11.9. The summed E-state index contributed by atoms with van der Waals surface area (Å²) in [6.45, 7) is 2.03. The lowest BCUT2D eigenvalue weighted by Gasteiger charge is -2.16. The second kappa shape index (κ2) is 5.39. The van der Waals surface area contributed by atoms with Gasteiger partial charge < -0.3 is 5.32 Å². The molecule has 0 spiro atoms. The molecule has 1 fully saturated rings. The van der Waals surface area contributed by atoms with Gasteiger partial charge in [-0.1, -0.05) is 30.3 Å². The van der Waals surface area contributed by atoms with Crippen molar-refractivity contribution in [3.05, 3.63) is 35.9 Å². The molecule has 1 heterocycles. The van der Waals surface area contributed by atoms with Crippen LogP contribution in [0.15, 0.2) is 30.3 Å². The van der Waals surface area contributed by atoms with Crippen molar-refractivity contribution in [2.45, 2.75) is 31.1 Å². The number of carbonyl (C=O) groups excluding carboxylic acids is 1. The molecule has 0 bridgehead atoms. The third kappa shape index (κ3) is 2.79. The van der Waals surface area contributed by atoms with Gasteiger partial charge in [-0.2, -0.15) is 0 Å². The number of nitrogens with one attached hydrogen (secondary N) is 1. The van der Waals surface area contributed by atoms with Crippen molar-refractivity contribution in [2.24, 2.45) is 0 Å². The topological polar surface area (TPSA) is 29.1 Å². The Hall–Kier alpha value is -0.960. The molecule has 1 N–H and O–H groups in total. The minimum atomic E-state index is 0.106. The molecule has 0 aromatic heterocycles. The van der Waals surface area contributed by atoms with E-state index in [0.29, 0.717) is 0 Å². The van der Waals surface area contributed by atoms with E-state index in [2.05, 4.69) is 5.32 Å². The smallest absolute Gasteiger partial charge is 0.233 e. The molecule has 1 aliphatic rings. The second-order valence-corrected chi connectivity index (χ2v) is 5.45. The van der Waals surface area contributed by atoms with Gasteiger partial charge in [0, 0.05) is 0 Å². The van der Waals surface area contributed by atoms with Gasteiger partial charge in [-0.3, -0.25) is 4.79 Å². The van der Waals surface area contributed by atoms with Crippen LogP contribution >= 0.6 is 11.8 Å². The molecule has 2 atom stereocenters. The summed E-state index contributed by atoms with van der Waals surface area (Å²) in [4.78, 5) is 11.9. The first-order valence-corrected chi connectivity index (χ1v) is 6.79. The van der Waals surface area contributed by atoms with Crippen LogP contribution in [0.5, 0.6) is 0 Å². The molecule has 0 saturated carbocycles. The minimum Gasteiger partial charge on any atom is -0.349 e. The SMILES string of the molecule is CC(NC(=O)C1CCCS1)c1ccccc1. The molecular formula is C13H17NOS. The first kappa shape index (κ1) is 11.5. The molecule has 86 valence electrons. The van der Waals surface area contributed by atoms with Crippen molar-refractivity contribution < 1.29 is 4.79 Å². The fraction of sp³-hybridized carbons (Fsp3) is 0.462. The molecule has 1 aromatic carbocycles. The molecule has 0 radical (unpaired) electrons. The van der Waals surface area contributed by atoms with Crippen LogP contribution in [-0.4, -0.2) is 16.9 Å². The normalized spacial score (nSPS) is 21.7. The molecular weight excluding hydrogens is 218 g/mol. The average molecular weight is 235 g/mol. The van der Waals surface area contributed by atoms with Crippen LogP contribution < -0.4 is 5.32 Å². The van der Waals surface area contributed by atoms with E-state index in [4.69, 9.17) is 0 Å². The Morgan fingerprint density at radius 3 is 2.81 bits per heavy atom. The summed E-state index contributed by atoms with van der Waals surface area (Å²) >= 11 is 1.78. The highest BCUT2D eigenvalue weighted by molar-refractivity contribution is 8.00. The Morgan fingerprint density at radius 2 is 2.19 bits per heavy atom. The lowest BCUT2D eigenvalue weighted by atomic mass is 10.1. The molecule has 1 aliphatic heterocycles. The predicted octanol–water partition coefficient (Wildman–Crippen LogP) is 2.76. The Kier molecular flexibility index (Phi) is 3.88. The monoisotopic (exact) mass is 235 g/mol. The molecule has 16 heavy (non-hydrogen) atoms. The van der Waals surface area contributed by atoms with Crippen LogP contribution in [0, 0.1) is 0 Å². The van der Waals surface area contributed by atoms with Crippen LogP contribution in [0.4, 0.5) is 0 Å². The summed E-state index contributed by atoms with van der Waals surface area (Å²) < 4.78 is 0. The quantitative estimate of drug-likeness (QED) is 0.873. The van der Waals surface area contributed by atoms with E-state index in [1.54, 1.807) is 11.8 Å². The van der Waals surface area contributed by atoms with Crippen LogP contribution in [-0.2, 0) is 4.79 Å². The van der Waals surface area contributed by atoms with Crippen LogP contribution in [0.3, 0.4) is 0 Å². The average Bonchev–Trinajstić information content (AvgIpc) is 2.83. The van der Waals surface area contributed by atoms with Crippen molar-refractivity contribution in [1.82, 2.24) is 5.32 Å². The number of amides is 1. The Bertz CT molecular complexity index is 346. The van der Waals surface area contributed by atoms with Gasteiger partial charge in [0.1, 0.15) is 0 Å². The summed E-state index contributed by atoms with van der Waals surface area (Å²) in [7, 11) is 0. The van der Waals surface area contributed by atoms with E-state index >= 15 is 0 Å². The highest BCUT2D eigenvalue weighted by Crippen LogP contribution is 2.26. The predicted molar refractivity (Wildman–Crippen MR) is 68.5 cm³/mol. The fourth-order valence-corrected chi connectivity index (χ4v) is 3.09. The standard InChI is InChI=1S/C13H17NOS/c1-10(11-6-3-2-4-7-11)14-13(15)12-8-5-9-16-12/h2-4,6-7,10,12H,5,8-9H2,1H3,(H,14,15). The highest BCUT2D eigenvalue weighted by atomic mass is 32.2. The highest BCUT2D eigenvalue weighted by Gasteiger charge is 2.24. The van der Waals surface area contributed by atoms with E-state index < -0.39 is 0 Å². The number of benzene rings is 1. The van der Waals surface area contributed by atoms with Crippen molar-refractivity contribution in [1.29, 1.82) is 0 Å².